The molecule has 2 aliphatic rings. The first-order valence-corrected chi connectivity index (χ1v) is 13.2. The highest BCUT2D eigenvalue weighted by molar-refractivity contribution is 5.89. The number of hydrogen-bond acceptors (Lipinski definition) is 3. The van der Waals surface area contributed by atoms with Crippen LogP contribution in [0.1, 0.15) is 55.5 Å². The first-order valence-electron chi connectivity index (χ1n) is 13.2. The summed E-state index contributed by atoms with van der Waals surface area (Å²) in [6.07, 6.45) is 2.01. The van der Waals surface area contributed by atoms with Crippen LogP contribution in [0.3, 0.4) is 0 Å². The zero-order valence-corrected chi connectivity index (χ0v) is 21.2. The van der Waals surface area contributed by atoms with E-state index in [-0.39, 0.29) is 12.1 Å². The number of nitrogens with zero attached hydrogens (tertiary/aromatic N) is 2. The van der Waals surface area contributed by atoms with E-state index in [4.69, 9.17) is 4.74 Å². The van der Waals surface area contributed by atoms with Crippen LogP contribution < -0.4 is 5.32 Å². The molecule has 0 unspecified atom stereocenters. The fraction of sp³-hybridized carbons (Fsp3) is 0.483. The second-order valence-corrected chi connectivity index (χ2v) is 9.85. The number of piperidine rings is 1. The monoisotopic (exact) mass is 474 g/mol. The molecular weight excluding hydrogens is 436 g/mol. The summed E-state index contributed by atoms with van der Waals surface area (Å²) in [4.78, 5) is 20.9. The Labute approximate surface area is 208 Å². The molecule has 2 amide bonds. The SMILES string of the molecule is CCN(CC)C(=O)N[C@H]1C[C@@H]2c3cccc4[nH]c(COCc5ccccc5)c(c34)C[C@H]2N(CC)C1. The number of nitrogens with one attached hydrogen (secondary N) is 2. The first-order chi connectivity index (χ1) is 17.1. The lowest BCUT2D eigenvalue weighted by Crippen LogP contribution is -2.57. The van der Waals surface area contributed by atoms with E-state index in [1.807, 2.05) is 24.8 Å². The van der Waals surface area contributed by atoms with Gasteiger partial charge in [-0.05, 0) is 56.0 Å². The van der Waals surface area contributed by atoms with Crippen molar-refractivity contribution >= 4 is 16.9 Å². The first kappa shape index (κ1) is 23.9. The number of aromatic nitrogens is 1. The van der Waals surface area contributed by atoms with E-state index in [9.17, 15) is 4.79 Å². The second kappa shape index (κ2) is 10.4. The molecule has 1 aliphatic heterocycles. The van der Waals surface area contributed by atoms with Gasteiger partial charge in [-0.2, -0.15) is 0 Å². The highest BCUT2D eigenvalue weighted by atomic mass is 16.5. The predicted octanol–water partition coefficient (Wildman–Crippen LogP) is 5.04. The van der Waals surface area contributed by atoms with Crippen LogP contribution in [-0.4, -0.2) is 59.1 Å². The number of ether oxygens (including phenoxy) is 1. The second-order valence-electron chi connectivity index (χ2n) is 9.85. The van der Waals surface area contributed by atoms with Gasteiger partial charge in [-0.3, -0.25) is 4.90 Å². The lowest BCUT2D eigenvalue weighted by atomic mass is 9.73. The number of hydrogen-bond donors (Lipinski definition) is 2. The van der Waals surface area contributed by atoms with Gasteiger partial charge in [0.2, 0.25) is 0 Å². The molecule has 186 valence electrons. The molecule has 1 aromatic heterocycles. The summed E-state index contributed by atoms with van der Waals surface area (Å²) in [5.41, 5.74) is 6.43. The van der Waals surface area contributed by atoms with Gasteiger partial charge in [-0.25, -0.2) is 4.79 Å². The molecule has 35 heavy (non-hydrogen) atoms. The molecule has 3 atom stereocenters. The summed E-state index contributed by atoms with van der Waals surface area (Å²) in [5, 5.41) is 4.71. The maximum atomic E-state index is 12.8. The number of fused-ring (bicyclic) bond motifs is 2. The van der Waals surface area contributed by atoms with E-state index in [2.05, 4.69) is 64.6 Å². The van der Waals surface area contributed by atoms with Gasteiger partial charge in [0.15, 0.2) is 0 Å². The number of H-pyrrole nitrogens is 1. The fourth-order valence-electron chi connectivity index (χ4n) is 6.17. The number of likely N-dealkylation sites (tertiary alicyclic amines) is 1. The summed E-state index contributed by atoms with van der Waals surface area (Å²) in [6.45, 7) is 10.9. The average molecular weight is 475 g/mol. The number of aromatic amines is 1. The summed E-state index contributed by atoms with van der Waals surface area (Å²) >= 11 is 0. The molecule has 0 radical (unpaired) electrons. The molecule has 2 N–H and O–H groups in total. The van der Waals surface area contributed by atoms with Crippen molar-refractivity contribution in [2.75, 3.05) is 26.2 Å². The molecule has 0 saturated carbocycles. The summed E-state index contributed by atoms with van der Waals surface area (Å²) in [6, 6.07) is 17.7. The molecule has 2 aromatic carbocycles. The molecule has 0 bridgehead atoms. The molecular formula is C29H38N4O2. The summed E-state index contributed by atoms with van der Waals surface area (Å²) in [7, 11) is 0. The van der Waals surface area contributed by atoms with Crippen LogP contribution >= 0.6 is 0 Å². The molecule has 1 aliphatic carbocycles. The lowest BCUT2D eigenvalue weighted by molar-refractivity contribution is 0.0968. The Morgan fingerprint density at radius 1 is 1.09 bits per heavy atom. The van der Waals surface area contributed by atoms with E-state index in [0.717, 1.165) is 39.0 Å². The van der Waals surface area contributed by atoms with Crippen molar-refractivity contribution < 1.29 is 9.53 Å². The molecule has 6 heteroatoms. The Kier molecular flexibility index (Phi) is 7.12. The molecule has 3 aromatic rings. The highest BCUT2D eigenvalue weighted by Gasteiger charge is 2.41. The Bertz CT molecular complexity index is 1150. The largest absolute Gasteiger partial charge is 0.371 e. The van der Waals surface area contributed by atoms with Gasteiger partial charge in [0, 0.05) is 54.2 Å². The zero-order chi connectivity index (χ0) is 24.4. The molecule has 2 heterocycles. The minimum absolute atomic E-state index is 0.0590. The van der Waals surface area contributed by atoms with Crippen LogP contribution in [0.15, 0.2) is 48.5 Å². The molecule has 6 nitrogen and oxygen atoms in total. The Morgan fingerprint density at radius 2 is 1.89 bits per heavy atom. The quantitative estimate of drug-likeness (QED) is 0.481. The number of likely N-dealkylation sites (N-methyl/N-ethyl adjacent to an activating group) is 1. The van der Waals surface area contributed by atoms with Crippen molar-refractivity contribution in [1.29, 1.82) is 0 Å². The summed E-state index contributed by atoms with van der Waals surface area (Å²) < 4.78 is 6.14. The van der Waals surface area contributed by atoms with Gasteiger partial charge in [0.1, 0.15) is 0 Å². The third kappa shape index (κ3) is 4.69. The zero-order valence-electron chi connectivity index (χ0n) is 21.2. The number of carbonyl (C=O) groups is 1. The van der Waals surface area contributed by atoms with E-state index in [1.165, 1.54) is 33.3 Å². The maximum Gasteiger partial charge on any atom is 0.317 e. The fourth-order valence-corrected chi connectivity index (χ4v) is 6.17. The van der Waals surface area contributed by atoms with E-state index < -0.39 is 0 Å². The van der Waals surface area contributed by atoms with Crippen molar-refractivity contribution in [1.82, 2.24) is 20.1 Å². The van der Waals surface area contributed by atoms with E-state index in [1.54, 1.807) is 0 Å². The smallest absolute Gasteiger partial charge is 0.317 e. The van der Waals surface area contributed by atoms with Gasteiger partial charge in [0.25, 0.3) is 0 Å². The number of urea groups is 1. The third-order valence-corrected chi connectivity index (χ3v) is 7.93. The van der Waals surface area contributed by atoms with E-state index >= 15 is 0 Å². The summed E-state index contributed by atoms with van der Waals surface area (Å²) in [5.74, 6) is 0.413. The minimum atomic E-state index is 0.0590. The Hall–Kier alpha value is -2.83. The lowest BCUT2D eigenvalue weighted by Gasteiger charge is -2.47. The highest BCUT2D eigenvalue weighted by Crippen LogP contribution is 2.44. The maximum absolute atomic E-state index is 12.8. The number of amides is 2. The minimum Gasteiger partial charge on any atom is -0.371 e. The third-order valence-electron chi connectivity index (χ3n) is 7.93. The van der Waals surface area contributed by atoms with Crippen LogP contribution in [-0.2, 0) is 24.4 Å². The Morgan fingerprint density at radius 3 is 2.63 bits per heavy atom. The predicted molar refractivity (Wildman–Crippen MR) is 141 cm³/mol. The topological polar surface area (TPSA) is 60.6 Å². The Balaban J connectivity index is 1.39. The average Bonchev–Trinajstić information content (AvgIpc) is 3.23. The van der Waals surface area contributed by atoms with Gasteiger partial charge in [-0.15, -0.1) is 0 Å². The van der Waals surface area contributed by atoms with Gasteiger partial charge < -0.3 is 19.9 Å². The van der Waals surface area contributed by atoms with Crippen LogP contribution in [0.4, 0.5) is 4.79 Å². The van der Waals surface area contributed by atoms with Crippen molar-refractivity contribution in [2.45, 2.75) is 64.8 Å². The van der Waals surface area contributed by atoms with Crippen molar-refractivity contribution in [2.24, 2.45) is 0 Å². The van der Waals surface area contributed by atoms with Crippen molar-refractivity contribution in [3.8, 4) is 0 Å². The van der Waals surface area contributed by atoms with Crippen LogP contribution in [0.5, 0.6) is 0 Å². The standard InChI is InChI=1S/C29H38N4O2/c1-4-32(5-2)29(34)30-21-15-23-22-13-10-14-25-28(22)24(16-27(23)33(6-3)17-21)26(31-25)19-35-18-20-11-8-7-9-12-20/h7-14,21,23,27,31H,4-6,15-19H2,1-3H3,(H,30,34)/t21-,23+,27+/m0/s1. The van der Waals surface area contributed by atoms with Crippen LogP contribution in [0.2, 0.25) is 0 Å². The van der Waals surface area contributed by atoms with Gasteiger partial charge >= 0.3 is 6.03 Å². The molecule has 1 fully saturated rings. The van der Waals surface area contributed by atoms with Crippen LogP contribution in [0.25, 0.3) is 10.9 Å². The van der Waals surface area contributed by atoms with Crippen molar-refractivity contribution in [3.63, 3.8) is 0 Å². The van der Waals surface area contributed by atoms with Crippen LogP contribution in [0, 0.1) is 0 Å². The number of benzene rings is 2. The number of carbonyl (C=O) groups excluding carboxylic acids is 1. The normalized spacial score (nSPS) is 21.6. The molecule has 0 spiro atoms. The molecule has 1 saturated heterocycles. The number of rotatable bonds is 8. The van der Waals surface area contributed by atoms with Gasteiger partial charge in [-0.1, -0.05) is 49.4 Å². The van der Waals surface area contributed by atoms with E-state index in [0.29, 0.717) is 25.2 Å². The van der Waals surface area contributed by atoms with Crippen molar-refractivity contribution in [3.05, 3.63) is 70.9 Å². The molecule has 5 rings (SSSR count). The van der Waals surface area contributed by atoms with Gasteiger partial charge in [0.05, 0.1) is 13.2 Å².